The van der Waals surface area contributed by atoms with E-state index < -0.39 is 0 Å². The third-order valence-corrected chi connectivity index (χ3v) is 3.36. The fraction of sp³-hybridized carbons (Fsp3) is 0. The lowest BCUT2D eigenvalue weighted by atomic mass is 10.3. The van der Waals surface area contributed by atoms with Crippen LogP contribution in [0.2, 0.25) is 0 Å². The second kappa shape index (κ2) is 4.23. The van der Waals surface area contributed by atoms with Crippen LogP contribution in [0, 0.1) is 17.3 Å². The molecule has 11 heavy (non-hydrogen) atoms. The average molecular weight is 481 g/mol. The summed E-state index contributed by atoms with van der Waals surface area (Å²) in [4.78, 5) is 3.44. The van der Waals surface area contributed by atoms with E-state index in [1.807, 2.05) is 12.1 Å². The zero-order valence-electron chi connectivity index (χ0n) is 5.24. The van der Waals surface area contributed by atoms with Gasteiger partial charge in [0.2, 0.25) is 5.69 Å². The molecule has 0 aromatic heterocycles. The van der Waals surface area contributed by atoms with E-state index in [9.17, 15) is 0 Å². The Balaban J connectivity index is 3.40. The van der Waals surface area contributed by atoms with Gasteiger partial charge in [-0.25, -0.2) is 4.85 Å². The minimum atomic E-state index is 0.770. The molecule has 56 valence electrons. The number of hydrogen-bond acceptors (Lipinski definition) is 0. The van der Waals surface area contributed by atoms with Crippen molar-refractivity contribution in [2.75, 3.05) is 0 Å². The molecule has 0 amide bonds. The summed E-state index contributed by atoms with van der Waals surface area (Å²) in [7, 11) is 0. The van der Waals surface area contributed by atoms with Gasteiger partial charge in [-0.05, 0) is 34.7 Å². The second-order valence-electron chi connectivity index (χ2n) is 1.83. The van der Waals surface area contributed by atoms with Crippen molar-refractivity contribution in [1.82, 2.24) is 0 Å². The molecule has 0 bridgehead atoms. The zero-order chi connectivity index (χ0) is 8.43. The van der Waals surface area contributed by atoms with Crippen molar-refractivity contribution in [3.05, 3.63) is 34.3 Å². The normalized spacial score (nSPS) is 9.27. The van der Waals surface area contributed by atoms with Crippen molar-refractivity contribution >= 4 is 73.5 Å². The van der Waals surface area contributed by atoms with Crippen LogP contribution in [0.5, 0.6) is 0 Å². The first-order valence-corrected chi connectivity index (χ1v) is 5.91. The Morgan fingerprint density at radius 1 is 1.09 bits per heavy atom. The second-order valence-corrected chi connectivity index (χ2v) is 5.40. The first kappa shape index (κ1) is 9.98. The largest absolute Gasteiger partial charge is 0.236 e. The maximum Gasteiger partial charge on any atom is 0.213 e. The Morgan fingerprint density at radius 3 is 1.91 bits per heavy atom. The van der Waals surface area contributed by atoms with Crippen molar-refractivity contribution in [2.45, 2.75) is 0 Å². The van der Waals surface area contributed by atoms with Crippen molar-refractivity contribution in [1.29, 1.82) is 0 Å². The van der Waals surface area contributed by atoms with Gasteiger partial charge in [0.15, 0.2) is 0 Å². The van der Waals surface area contributed by atoms with E-state index in [0.717, 1.165) is 12.8 Å². The molecule has 0 N–H and O–H groups in total. The van der Waals surface area contributed by atoms with Crippen LogP contribution < -0.4 is 0 Å². The Morgan fingerprint density at radius 2 is 1.55 bits per heavy atom. The SMILES string of the molecule is [C-]#[N+]c1c(I)cc(I)cc1I. The van der Waals surface area contributed by atoms with E-state index in [4.69, 9.17) is 6.57 Å². The summed E-state index contributed by atoms with van der Waals surface area (Å²) < 4.78 is 3.26. The lowest BCUT2D eigenvalue weighted by molar-refractivity contribution is 1.56. The molecule has 0 saturated carbocycles. The van der Waals surface area contributed by atoms with Crippen LogP contribution in [0.25, 0.3) is 4.85 Å². The minimum absolute atomic E-state index is 0.770. The van der Waals surface area contributed by atoms with Crippen LogP contribution in [0.1, 0.15) is 0 Å². The number of rotatable bonds is 0. The summed E-state index contributed by atoms with van der Waals surface area (Å²) in [6.45, 7) is 6.91. The summed E-state index contributed by atoms with van der Waals surface area (Å²) in [5.74, 6) is 0. The highest BCUT2D eigenvalue weighted by Gasteiger charge is 2.04. The molecule has 0 aliphatic rings. The molecule has 0 fully saturated rings. The smallest absolute Gasteiger partial charge is 0.213 e. The summed E-state index contributed by atoms with van der Waals surface area (Å²) in [6, 6.07) is 4.02. The van der Waals surface area contributed by atoms with Crippen LogP contribution in [0.15, 0.2) is 12.1 Å². The van der Waals surface area contributed by atoms with Crippen LogP contribution in [-0.2, 0) is 0 Å². The standard InChI is InChI=1S/C7H2I3N/c1-11-7-5(9)2-4(8)3-6(7)10/h2-3H. The number of halogens is 3. The van der Waals surface area contributed by atoms with E-state index in [0.29, 0.717) is 0 Å². The molecule has 1 aromatic rings. The first-order chi connectivity index (χ1) is 5.15. The predicted molar refractivity (Wildman–Crippen MR) is 70.9 cm³/mol. The van der Waals surface area contributed by atoms with E-state index >= 15 is 0 Å². The van der Waals surface area contributed by atoms with Gasteiger partial charge in [0.25, 0.3) is 0 Å². The van der Waals surface area contributed by atoms with Crippen LogP contribution in [0.4, 0.5) is 5.69 Å². The Kier molecular flexibility index (Phi) is 3.84. The van der Waals surface area contributed by atoms with Gasteiger partial charge in [0, 0.05) is 10.7 Å². The number of nitrogens with zero attached hydrogens (tertiary/aromatic N) is 1. The van der Waals surface area contributed by atoms with Crippen molar-refractivity contribution < 1.29 is 0 Å². The van der Waals surface area contributed by atoms with Gasteiger partial charge < -0.3 is 0 Å². The van der Waals surface area contributed by atoms with E-state index in [1.54, 1.807) is 0 Å². The molecule has 1 nitrogen and oxygen atoms in total. The molecule has 0 spiro atoms. The van der Waals surface area contributed by atoms with Gasteiger partial charge in [0.05, 0.1) is 6.57 Å². The zero-order valence-corrected chi connectivity index (χ0v) is 11.7. The molecule has 1 rings (SSSR count). The molecule has 0 aliphatic heterocycles. The highest BCUT2D eigenvalue weighted by molar-refractivity contribution is 14.1. The molecule has 0 saturated heterocycles. The average Bonchev–Trinajstić information content (AvgIpc) is 1.85. The molecule has 0 unspecified atom stereocenters. The van der Waals surface area contributed by atoms with Crippen molar-refractivity contribution in [3.63, 3.8) is 0 Å². The van der Waals surface area contributed by atoms with Crippen molar-refractivity contribution in [2.24, 2.45) is 0 Å². The van der Waals surface area contributed by atoms with Crippen LogP contribution >= 0.6 is 67.8 Å². The van der Waals surface area contributed by atoms with Gasteiger partial charge in [-0.3, -0.25) is 0 Å². The number of benzene rings is 1. The first-order valence-electron chi connectivity index (χ1n) is 2.67. The maximum absolute atomic E-state index is 6.91. The van der Waals surface area contributed by atoms with Crippen molar-refractivity contribution in [3.8, 4) is 0 Å². The van der Waals surface area contributed by atoms with Gasteiger partial charge in [0.1, 0.15) is 0 Å². The monoisotopic (exact) mass is 481 g/mol. The Bertz CT molecular complexity index is 304. The molecule has 0 radical (unpaired) electrons. The molecule has 4 heteroatoms. The maximum atomic E-state index is 6.91. The van der Waals surface area contributed by atoms with Gasteiger partial charge in [-0.2, -0.15) is 0 Å². The lowest BCUT2D eigenvalue weighted by Crippen LogP contribution is -1.80. The molecule has 1 aromatic carbocycles. The van der Waals surface area contributed by atoms with Crippen LogP contribution in [0.3, 0.4) is 0 Å². The van der Waals surface area contributed by atoms with Gasteiger partial charge in [-0.15, -0.1) is 0 Å². The topological polar surface area (TPSA) is 4.36 Å². The fourth-order valence-electron chi connectivity index (χ4n) is 0.641. The molecular formula is C7H2I3N. The molecular weight excluding hydrogens is 479 g/mol. The van der Waals surface area contributed by atoms with E-state index in [2.05, 4.69) is 72.6 Å². The Labute approximate surface area is 106 Å². The quantitative estimate of drug-likeness (QED) is 0.390. The lowest BCUT2D eigenvalue weighted by Gasteiger charge is -1.98. The van der Waals surface area contributed by atoms with E-state index in [-0.39, 0.29) is 0 Å². The van der Waals surface area contributed by atoms with Gasteiger partial charge >= 0.3 is 0 Å². The molecule has 0 heterocycles. The summed E-state index contributed by atoms with van der Waals surface area (Å²) >= 11 is 6.63. The highest BCUT2D eigenvalue weighted by atomic mass is 127. The summed E-state index contributed by atoms with van der Waals surface area (Å²) in [6.07, 6.45) is 0. The third-order valence-electron chi connectivity index (χ3n) is 1.09. The third kappa shape index (κ3) is 2.42. The van der Waals surface area contributed by atoms with Gasteiger partial charge in [-0.1, -0.05) is 45.2 Å². The number of hydrogen-bond donors (Lipinski definition) is 0. The van der Waals surface area contributed by atoms with Crippen LogP contribution in [-0.4, -0.2) is 0 Å². The summed E-state index contributed by atoms with van der Waals surface area (Å²) in [5, 5.41) is 0. The Hall–Kier alpha value is 0.900. The molecule has 0 atom stereocenters. The fourth-order valence-corrected chi connectivity index (χ4v) is 4.47. The highest BCUT2D eigenvalue weighted by Crippen LogP contribution is 2.29. The van der Waals surface area contributed by atoms with E-state index in [1.165, 1.54) is 3.57 Å². The minimum Gasteiger partial charge on any atom is -0.236 e. The summed E-state index contributed by atoms with van der Waals surface area (Å²) in [5.41, 5.74) is 0.770. The molecule has 0 aliphatic carbocycles. The predicted octanol–water partition coefficient (Wildman–Crippen LogP) is 4.05.